The number of hydrogen-bond donors (Lipinski definition) is 2. The van der Waals surface area contributed by atoms with Crippen molar-refractivity contribution in [3.05, 3.63) is 63.6 Å². The van der Waals surface area contributed by atoms with Gasteiger partial charge in [-0.2, -0.15) is 0 Å². The van der Waals surface area contributed by atoms with Crippen LogP contribution in [0.15, 0.2) is 41.3 Å². The zero-order valence-electron chi connectivity index (χ0n) is 12.7. The van der Waals surface area contributed by atoms with E-state index in [0.717, 1.165) is 11.8 Å². The zero-order valence-corrected chi connectivity index (χ0v) is 12.7. The molecule has 0 atom stereocenters. The number of rotatable bonds is 7. The number of pyridine rings is 1. The van der Waals surface area contributed by atoms with Crippen LogP contribution < -0.4 is 10.2 Å². The molecule has 1 aromatic carbocycles. The molecule has 0 aliphatic carbocycles. The van der Waals surface area contributed by atoms with E-state index in [4.69, 9.17) is 19.3 Å². The molecule has 0 radical (unpaired) electrons. The van der Waals surface area contributed by atoms with Crippen molar-refractivity contribution in [3.8, 4) is 5.75 Å². The van der Waals surface area contributed by atoms with E-state index in [1.807, 2.05) is 30.3 Å². The number of benzene rings is 1. The summed E-state index contributed by atoms with van der Waals surface area (Å²) in [6.45, 7) is 0.111. The highest BCUT2D eigenvalue weighted by Gasteiger charge is 2.23. The number of aromatic nitrogens is 1. The van der Waals surface area contributed by atoms with Crippen molar-refractivity contribution in [2.75, 3.05) is 14.2 Å². The molecule has 2 aromatic rings. The number of H-pyrrole nitrogens is 1. The quantitative estimate of drug-likeness (QED) is 0.757. The zero-order chi connectivity index (χ0) is 16.8. The number of hydrogen-bond acceptors (Lipinski definition) is 5. The summed E-state index contributed by atoms with van der Waals surface area (Å²) in [6.07, 6.45) is 0.219. The Kier molecular flexibility index (Phi) is 5.51. The molecular formula is C16H17NO6. The molecule has 2 N–H and O–H groups in total. The van der Waals surface area contributed by atoms with Crippen molar-refractivity contribution < 1.29 is 24.1 Å². The lowest BCUT2D eigenvalue weighted by molar-refractivity contribution is -0.110. The maximum atomic E-state index is 12.4. The van der Waals surface area contributed by atoms with Crippen LogP contribution in [0.2, 0.25) is 0 Å². The average molecular weight is 319 g/mol. The van der Waals surface area contributed by atoms with Crippen LogP contribution in [0.1, 0.15) is 27.9 Å². The fourth-order valence-electron chi connectivity index (χ4n) is 2.06. The summed E-state index contributed by atoms with van der Waals surface area (Å²) < 4.78 is 15.8. The predicted molar refractivity (Wildman–Crippen MR) is 81.6 cm³/mol. The first-order chi connectivity index (χ1) is 11.1. The van der Waals surface area contributed by atoms with E-state index in [9.17, 15) is 9.59 Å². The SMILES string of the molecule is COC(OC)c1[nH]cc(C(=O)O)c(=O)c1OCc1ccccc1. The van der Waals surface area contributed by atoms with E-state index in [0.29, 0.717) is 0 Å². The first-order valence-electron chi connectivity index (χ1n) is 6.79. The van der Waals surface area contributed by atoms with E-state index < -0.39 is 23.3 Å². The molecule has 0 fully saturated rings. The van der Waals surface area contributed by atoms with Crippen LogP contribution >= 0.6 is 0 Å². The number of methoxy groups -OCH3 is 2. The first kappa shape index (κ1) is 16.7. The molecule has 1 heterocycles. The lowest BCUT2D eigenvalue weighted by atomic mass is 10.2. The van der Waals surface area contributed by atoms with Gasteiger partial charge in [0.2, 0.25) is 11.7 Å². The fraction of sp³-hybridized carbons (Fsp3) is 0.250. The Morgan fingerprint density at radius 1 is 1.22 bits per heavy atom. The number of carbonyl (C=O) groups is 1. The van der Waals surface area contributed by atoms with Gasteiger partial charge in [0.05, 0.1) is 0 Å². The predicted octanol–water partition coefficient (Wildman–Crippen LogP) is 1.94. The van der Waals surface area contributed by atoms with Gasteiger partial charge in [-0.1, -0.05) is 30.3 Å². The lowest BCUT2D eigenvalue weighted by Gasteiger charge is -2.17. The number of aromatic carboxylic acids is 1. The Morgan fingerprint density at radius 2 is 1.87 bits per heavy atom. The Bertz CT molecular complexity index is 721. The number of ether oxygens (including phenoxy) is 3. The maximum absolute atomic E-state index is 12.4. The third kappa shape index (κ3) is 3.77. The van der Waals surface area contributed by atoms with Crippen molar-refractivity contribution in [2.24, 2.45) is 0 Å². The molecule has 23 heavy (non-hydrogen) atoms. The molecule has 7 nitrogen and oxygen atoms in total. The normalized spacial score (nSPS) is 10.7. The van der Waals surface area contributed by atoms with E-state index in [2.05, 4.69) is 4.98 Å². The van der Waals surface area contributed by atoms with E-state index in [-0.39, 0.29) is 18.1 Å². The second-order valence-electron chi connectivity index (χ2n) is 4.66. The molecule has 122 valence electrons. The number of nitrogens with one attached hydrogen (secondary N) is 1. The van der Waals surface area contributed by atoms with Crippen LogP contribution in [0.4, 0.5) is 0 Å². The molecule has 1 aromatic heterocycles. The van der Waals surface area contributed by atoms with Crippen molar-refractivity contribution >= 4 is 5.97 Å². The van der Waals surface area contributed by atoms with Crippen LogP contribution in [0.25, 0.3) is 0 Å². The molecule has 2 rings (SSSR count). The standard InChI is InChI=1S/C16H17NO6/c1-21-16(22-2)12-14(13(18)11(8-17-12)15(19)20)23-9-10-6-4-3-5-7-10/h3-8,16H,9H2,1-2H3,(H,17,18)(H,19,20). The smallest absolute Gasteiger partial charge is 0.341 e. The highest BCUT2D eigenvalue weighted by molar-refractivity contribution is 5.87. The molecule has 0 unspecified atom stereocenters. The molecule has 7 heteroatoms. The minimum absolute atomic E-state index is 0.111. The number of carboxylic acids is 1. The van der Waals surface area contributed by atoms with E-state index >= 15 is 0 Å². The fourth-order valence-corrected chi connectivity index (χ4v) is 2.06. The third-order valence-corrected chi connectivity index (χ3v) is 3.19. The topological polar surface area (TPSA) is 97.9 Å². The van der Waals surface area contributed by atoms with Crippen molar-refractivity contribution in [3.63, 3.8) is 0 Å². The van der Waals surface area contributed by atoms with Gasteiger partial charge in [-0.05, 0) is 5.56 Å². The second-order valence-corrected chi connectivity index (χ2v) is 4.66. The van der Waals surface area contributed by atoms with Gasteiger partial charge in [0.15, 0.2) is 5.75 Å². The number of aromatic amines is 1. The summed E-state index contributed by atoms with van der Waals surface area (Å²) in [5.74, 6) is -1.48. The van der Waals surface area contributed by atoms with Crippen LogP contribution in [0, 0.1) is 0 Å². The third-order valence-electron chi connectivity index (χ3n) is 3.19. The Hall–Kier alpha value is -2.64. The molecule has 0 saturated carbocycles. The van der Waals surface area contributed by atoms with Gasteiger partial charge < -0.3 is 24.3 Å². The van der Waals surface area contributed by atoms with Crippen LogP contribution in [0.3, 0.4) is 0 Å². The molecule has 0 amide bonds. The first-order valence-corrected chi connectivity index (χ1v) is 6.79. The molecule has 0 bridgehead atoms. The summed E-state index contributed by atoms with van der Waals surface area (Å²) in [5.41, 5.74) is -0.0880. The Labute approximate surface area is 132 Å². The highest BCUT2D eigenvalue weighted by Crippen LogP contribution is 2.24. The van der Waals surface area contributed by atoms with Gasteiger partial charge in [0.1, 0.15) is 17.9 Å². The van der Waals surface area contributed by atoms with Gasteiger partial charge in [0.25, 0.3) is 0 Å². The molecule has 0 saturated heterocycles. The largest absolute Gasteiger partial charge is 0.483 e. The number of carboxylic acid groups (broad SMARTS) is 1. The van der Waals surface area contributed by atoms with Crippen LogP contribution in [-0.4, -0.2) is 30.3 Å². The van der Waals surface area contributed by atoms with E-state index in [1.165, 1.54) is 14.2 Å². The van der Waals surface area contributed by atoms with Crippen LogP contribution in [-0.2, 0) is 16.1 Å². The summed E-state index contributed by atoms with van der Waals surface area (Å²) in [7, 11) is 2.80. The molecule has 0 aliphatic heterocycles. The summed E-state index contributed by atoms with van der Waals surface area (Å²) in [5, 5.41) is 9.08. The molecule has 0 aliphatic rings. The maximum Gasteiger partial charge on any atom is 0.341 e. The minimum Gasteiger partial charge on any atom is -0.483 e. The monoisotopic (exact) mass is 319 g/mol. The van der Waals surface area contributed by atoms with E-state index in [1.54, 1.807) is 0 Å². The Morgan fingerprint density at radius 3 is 2.43 bits per heavy atom. The van der Waals surface area contributed by atoms with Gasteiger partial charge in [-0.25, -0.2) is 4.79 Å². The lowest BCUT2D eigenvalue weighted by Crippen LogP contribution is -2.22. The van der Waals surface area contributed by atoms with Crippen molar-refractivity contribution in [1.29, 1.82) is 0 Å². The highest BCUT2D eigenvalue weighted by atomic mass is 16.7. The van der Waals surface area contributed by atoms with Gasteiger partial charge >= 0.3 is 5.97 Å². The van der Waals surface area contributed by atoms with Crippen molar-refractivity contribution in [1.82, 2.24) is 4.98 Å². The van der Waals surface area contributed by atoms with Gasteiger partial charge in [0, 0.05) is 20.4 Å². The van der Waals surface area contributed by atoms with Gasteiger partial charge in [-0.3, -0.25) is 4.79 Å². The molecule has 0 spiro atoms. The van der Waals surface area contributed by atoms with Crippen LogP contribution in [0.5, 0.6) is 5.75 Å². The minimum atomic E-state index is -1.34. The second kappa shape index (κ2) is 7.57. The van der Waals surface area contributed by atoms with Crippen molar-refractivity contribution in [2.45, 2.75) is 12.9 Å². The Balaban J connectivity index is 2.42. The van der Waals surface area contributed by atoms with Gasteiger partial charge in [-0.15, -0.1) is 0 Å². The average Bonchev–Trinajstić information content (AvgIpc) is 2.56. The molecular weight excluding hydrogens is 302 g/mol. The summed E-state index contributed by atoms with van der Waals surface area (Å²) in [4.78, 5) is 26.2. The summed E-state index contributed by atoms with van der Waals surface area (Å²) >= 11 is 0. The summed E-state index contributed by atoms with van der Waals surface area (Å²) in [6, 6.07) is 9.20.